The molecule has 1 aromatic carbocycles. The van der Waals surface area contributed by atoms with Crippen molar-refractivity contribution >= 4 is 27.7 Å². The maximum atomic E-state index is 12.4. The normalized spacial score (nSPS) is 21.7. The molecule has 0 aromatic heterocycles. The van der Waals surface area contributed by atoms with Crippen LogP contribution in [-0.2, 0) is 9.59 Å². The van der Waals surface area contributed by atoms with Crippen LogP contribution in [0.25, 0.3) is 0 Å². The minimum Gasteiger partial charge on any atom is -0.299 e. The number of likely N-dealkylation sites (tertiary alicyclic amines) is 1. The lowest BCUT2D eigenvalue weighted by Gasteiger charge is -2.23. The van der Waals surface area contributed by atoms with Crippen molar-refractivity contribution in [1.29, 1.82) is 0 Å². The molecule has 1 aromatic rings. The zero-order chi connectivity index (χ0) is 15.6. The Hall–Kier alpha value is -1.20. The lowest BCUT2D eigenvalue weighted by atomic mass is 10.1. The maximum Gasteiger partial charge on any atom is 0.247 e. The van der Waals surface area contributed by atoms with E-state index in [4.69, 9.17) is 0 Å². The number of nitrogens with zero attached hydrogens (tertiary/aromatic N) is 1. The minimum atomic E-state index is -0.416. The fourth-order valence-electron chi connectivity index (χ4n) is 2.60. The molecule has 1 fully saturated rings. The summed E-state index contributed by atoms with van der Waals surface area (Å²) in [5.74, 6) is -0.176. The van der Waals surface area contributed by atoms with Crippen molar-refractivity contribution in [3.05, 3.63) is 34.3 Å². The van der Waals surface area contributed by atoms with Crippen molar-refractivity contribution in [2.75, 3.05) is 0 Å². The van der Waals surface area contributed by atoms with Gasteiger partial charge in [0.05, 0.1) is 12.5 Å². The smallest absolute Gasteiger partial charge is 0.247 e. The SMILES string of the molecule is CCC(C)N1C(=O)CC(NC(C)c2cccc(Br)c2)C1=O. The predicted molar refractivity (Wildman–Crippen MR) is 85.7 cm³/mol. The summed E-state index contributed by atoms with van der Waals surface area (Å²) in [5, 5.41) is 3.28. The Bertz CT molecular complexity index is 547. The van der Waals surface area contributed by atoms with Gasteiger partial charge in [0.25, 0.3) is 0 Å². The van der Waals surface area contributed by atoms with E-state index >= 15 is 0 Å². The van der Waals surface area contributed by atoms with E-state index in [-0.39, 0.29) is 30.3 Å². The van der Waals surface area contributed by atoms with E-state index in [1.807, 2.05) is 45.0 Å². The first-order chi connectivity index (χ1) is 9.93. The van der Waals surface area contributed by atoms with Crippen LogP contribution in [0.4, 0.5) is 0 Å². The summed E-state index contributed by atoms with van der Waals surface area (Å²) in [6.45, 7) is 5.90. The van der Waals surface area contributed by atoms with Gasteiger partial charge in [0, 0.05) is 16.6 Å². The Labute approximate surface area is 134 Å². The van der Waals surface area contributed by atoms with E-state index in [2.05, 4.69) is 21.2 Å². The Morgan fingerprint density at radius 3 is 2.71 bits per heavy atom. The van der Waals surface area contributed by atoms with Crippen molar-refractivity contribution in [1.82, 2.24) is 10.2 Å². The molecule has 0 radical (unpaired) electrons. The van der Waals surface area contributed by atoms with Gasteiger partial charge in [-0.2, -0.15) is 0 Å². The second kappa shape index (κ2) is 6.71. The number of carbonyl (C=O) groups excluding carboxylic acids is 2. The number of nitrogens with one attached hydrogen (secondary N) is 1. The molecule has 114 valence electrons. The van der Waals surface area contributed by atoms with Gasteiger partial charge in [-0.15, -0.1) is 0 Å². The van der Waals surface area contributed by atoms with Crippen LogP contribution in [-0.4, -0.2) is 28.8 Å². The number of carbonyl (C=O) groups is 2. The highest BCUT2D eigenvalue weighted by Crippen LogP contribution is 2.23. The molecule has 1 aliphatic heterocycles. The maximum absolute atomic E-state index is 12.4. The molecule has 1 N–H and O–H groups in total. The molecule has 1 saturated heterocycles. The van der Waals surface area contributed by atoms with Gasteiger partial charge in [-0.25, -0.2) is 0 Å². The van der Waals surface area contributed by atoms with E-state index in [1.165, 1.54) is 4.90 Å². The lowest BCUT2D eigenvalue weighted by molar-refractivity contribution is -0.141. The van der Waals surface area contributed by atoms with Crippen molar-refractivity contribution in [2.45, 2.75) is 51.7 Å². The van der Waals surface area contributed by atoms with Crippen LogP contribution in [0.5, 0.6) is 0 Å². The first kappa shape index (κ1) is 16.2. The van der Waals surface area contributed by atoms with Gasteiger partial charge in [0.2, 0.25) is 11.8 Å². The first-order valence-electron chi connectivity index (χ1n) is 7.31. The Kier molecular flexibility index (Phi) is 5.17. The molecule has 3 atom stereocenters. The second-order valence-electron chi connectivity index (χ2n) is 5.56. The minimum absolute atomic E-state index is 0.0149. The number of hydrogen-bond donors (Lipinski definition) is 1. The fraction of sp³-hybridized carbons (Fsp3) is 0.500. The van der Waals surface area contributed by atoms with Gasteiger partial charge in [-0.05, 0) is 38.0 Å². The third kappa shape index (κ3) is 3.52. The van der Waals surface area contributed by atoms with E-state index < -0.39 is 6.04 Å². The lowest BCUT2D eigenvalue weighted by Crippen LogP contribution is -2.43. The third-order valence-corrected chi connectivity index (χ3v) is 4.51. The first-order valence-corrected chi connectivity index (χ1v) is 8.10. The molecule has 5 heteroatoms. The molecule has 1 aliphatic rings. The van der Waals surface area contributed by atoms with Gasteiger partial charge in [-0.1, -0.05) is 35.0 Å². The van der Waals surface area contributed by atoms with Gasteiger partial charge >= 0.3 is 0 Å². The molecule has 21 heavy (non-hydrogen) atoms. The summed E-state index contributed by atoms with van der Waals surface area (Å²) in [6.07, 6.45) is 1.03. The number of rotatable bonds is 5. The molecular formula is C16H21BrN2O2. The van der Waals surface area contributed by atoms with Crippen LogP contribution in [0.3, 0.4) is 0 Å². The highest BCUT2D eigenvalue weighted by atomic mass is 79.9. The summed E-state index contributed by atoms with van der Waals surface area (Å²) in [5.41, 5.74) is 1.09. The van der Waals surface area contributed by atoms with Crippen molar-refractivity contribution < 1.29 is 9.59 Å². The van der Waals surface area contributed by atoms with Gasteiger partial charge in [0.1, 0.15) is 0 Å². The predicted octanol–water partition coefficient (Wildman–Crippen LogP) is 3.03. The van der Waals surface area contributed by atoms with Gasteiger partial charge in [0.15, 0.2) is 0 Å². The number of benzene rings is 1. The van der Waals surface area contributed by atoms with Crippen LogP contribution in [0.2, 0.25) is 0 Å². The molecule has 0 aliphatic carbocycles. The number of imide groups is 1. The van der Waals surface area contributed by atoms with E-state index in [9.17, 15) is 9.59 Å². The summed E-state index contributed by atoms with van der Waals surface area (Å²) in [7, 11) is 0. The molecule has 3 unspecified atom stereocenters. The molecule has 0 saturated carbocycles. The van der Waals surface area contributed by atoms with Crippen molar-refractivity contribution in [3.8, 4) is 0 Å². The van der Waals surface area contributed by atoms with Gasteiger partial charge < -0.3 is 0 Å². The standard InChI is InChI=1S/C16H21BrN2O2/c1-4-10(2)19-15(20)9-14(16(19)21)18-11(3)12-6-5-7-13(17)8-12/h5-8,10-11,14,18H,4,9H2,1-3H3. The zero-order valence-corrected chi connectivity index (χ0v) is 14.2. The van der Waals surface area contributed by atoms with E-state index in [1.54, 1.807) is 0 Å². The summed E-state index contributed by atoms with van der Waals surface area (Å²) < 4.78 is 1.00. The van der Waals surface area contributed by atoms with Crippen LogP contribution < -0.4 is 5.32 Å². The summed E-state index contributed by atoms with van der Waals surface area (Å²) >= 11 is 3.45. The average molecular weight is 353 g/mol. The Morgan fingerprint density at radius 1 is 1.38 bits per heavy atom. The number of hydrogen-bond acceptors (Lipinski definition) is 3. The molecule has 2 rings (SSSR count). The molecule has 1 heterocycles. The molecule has 0 bridgehead atoms. The van der Waals surface area contributed by atoms with Crippen molar-refractivity contribution in [2.24, 2.45) is 0 Å². The third-order valence-electron chi connectivity index (χ3n) is 4.01. The number of halogens is 1. The topological polar surface area (TPSA) is 49.4 Å². The quantitative estimate of drug-likeness (QED) is 0.828. The number of amides is 2. The molecule has 4 nitrogen and oxygen atoms in total. The summed E-state index contributed by atoms with van der Waals surface area (Å²) in [4.78, 5) is 25.8. The van der Waals surface area contributed by atoms with E-state index in [0.29, 0.717) is 0 Å². The zero-order valence-electron chi connectivity index (χ0n) is 12.6. The highest BCUT2D eigenvalue weighted by molar-refractivity contribution is 9.10. The van der Waals surface area contributed by atoms with Crippen molar-refractivity contribution in [3.63, 3.8) is 0 Å². The van der Waals surface area contributed by atoms with Gasteiger partial charge in [-0.3, -0.25) is 19.8 Å². The Morgan fingerprint density at radius 2 is 2.10 bits per heavy atom. The molecule has 2 amide bonds. The van der Waals surface area contributed by atoms with Crippen LogP contribution in [0, 0.1) is 0 Å². The highest BCUT2D eigenvalue weighted by Gasteiger charge is 2.40. The second-order valence-corrected chi connectivity index (χ2v) is 6.47. The molecular weight excluding hydrogens is 332 g/mol. The van der Waals surface area contributed by atoms with Crippen LogP contribution >= 0.6 is 15.9 Å². The largest absolute Gasteiger partial charge is 0.299 e. The summed E-state index contributed by atoms with van der Waals surface area (Å²) in [6, 6.07) is 7.52. The molecule has 0 spiro atoms. The monoisotopic (exact) mass is 352 g/mol. The Balaban J connectivity index is 2.07. The van der Waals surface area contributed by atoms with E-state index in [0.717, 1.165) is 16.5 Å². The van der Waals surface area contributed by atoms with Crippen LogP contribution in [0.15, 0.2) is 28.7 Å². The van der Waals surface area contributed by atoms with Crippen LogP contribution in [0.1, 0.15) is 45.2 Å². The fourth-order valence-corrected chi connectivity index (χ4v) is 3.02. The average Bonchev–Trinajstić information content (AvgIpc) is 2.72.